The standard InChI is InChI=1S/C10H17NOS/c1-4-5-6-7-8-11-10(12)9-13(2)3/h1H,5-9H2,2-3H3/p+1. The van der Waals surface area contributed by atoms with Crippen molar-refractivity contribution in [2.24, 2.45) is 0 Å². The lowest BCUT2D eigenvalue weighted by Gasteiger charge is -2.01. The molecule has 0 aromatic heterocycles. The molecule has 1 N–H and O–H groups in total. The molecule has 0 saturated heterocycles. The summed E-state index contributed by atoms with van der Waals surface area (Å²) in [6, 6.07) is 0. The third kappa shape index (κ3) is 9.29. The fraction of sp³-hybridized carbons (Fsp3) is 0.700. The Kier molecular flexibility index (Phi) is 7.62. The van der Waals surface area contributed by atoms with Gasteiger partial charge < -0.3 is 5.32 Å². The predicted molar refractivity (Wildman–Crippen MR) is 59.8 cm³/mol. The van der Waals surface area contributed by atoms with E-state index >= 15 is 0 Å². The molecule has 2 nitrogen and oxygen atoms in total. The number of carbonyl (C=O) groups is 1. The van der Waals surface area contributed by atoms with Gasteiger partial charge in [0, 0.05) is 13.0 Å². The van der Waals surface area contributed by atoms with Crippen molar-refractivity contribution in [3.05, 3.63) is 0 Å². The maximum absolute atomic E-state index is 11.1. The minimum absolute atomic E-state index is 0.161. The summed E-state index contributed by atoms with van der Waals surface area (Å²) in [5, 5.41) is 2.87. The van der Waals surface area contributed by atoms with E-state index in [1.807, 2.05) is 0 Å². The van der Waals surface area contributed by atoms with E-state index in [1.165, 1.54) is 0 Å². The van der Waals surface area contributed by atoms with Gasteiger partial charge in [-0.15, -0.1) is 12.3 Å². The summed E-state index contributed by atoms with van der Waals surface area (Å²) < 4.78 is 0. The third-order valence-corrected chi connectivity index (χ3v) is 2.33. The summed E-state index contributed by atoms with van der Waals surface area (Å²) in [4.78, 5) is 11.1. The van der Waals surface area contributed by atoms with E-state index in [0.29, 0.717) is 5.75 Å². The van der Waals surface area contributed by atoms with E-state index < -0.39 is 0 Å². The summed E-state index contributed by atoms with van der Waals surface area (Å²) in [6.45, 7) is 0.762. The van der Waals surface area contributed by atoms with Crippen molar-refractivity contribution in [2.75, 3.05) is 24.8 Å². The molecule has 1 amide bonds. The highest BCUT2D eigenvalue weighted by atomic mass is 32.2. The largest absolute Gasteiger partial charge is 0.352 e. The SMILES string of the molecule is C#CCCCCNC(=O)C[S+](C)C. The molecule has 0 atom stereocenters. The molecule has 74 valence electrons. The number of unbranched alkanes of at least 4 members (excludes halogenated alkanes) is 2. The highest BCUT2D eigenvalue weighted by Crippen LogP contribution is 1.91. The van der Waals surface area contributed by atoms with Crippen LogP contribution in [-0.2, 0) is 15.7 Å². The fourth-order valence-electron chi connectivity index (χ4n) is 0.893. The van der Waals surface area contributed by atoms with E-state index in [1.54, 1.807) is 0 Å². The molecule has 13 heavy (non-hydrogen) atoms. The van der Waals surface area contributed by atoms with Crippen LogP contribution in [-0.4, -0.2) is 30.7 Å². The monoisotopic (exact) mass is 200 g/mol. The van der Waals surface area contributed by atoms with Crippen LogP contribution in [0.25, 0.3) is 0 Å². The van der Waals surface area contributed by atoms with Gasteiger partial charge in [0.1, 0.15) is 0 Å². The number of hydrogen-bond acceptors (Lipinski definition) is 1. The molecule has 0 fully saturated rings. The Balaban J connectivity index is 3.23. The molecule has 3 heteroatoms. The van der Waals surface area contributed by atoms with Gasteiger partial charge in [0.15, 0.2) is 5.75 Å². The molecule has 0 rings (SSSR count). The fourth-order valence-corrected chi connectivity index (χ4v) is 1.52. The van der Waals surface area contributed by atoms with Crippen LogP contribution in [0.5, 0.6) is 0 Å². The number of terminal acetylenes is 1. The van der Waals surface area contributed by atoms with E-state index in [4.69, 9.17) is 6.42 Å². The summed E-state index contributed by atoms with van der Waals surface area (Å²) in [5.41, 5.74) is 0. The van der Waals surface area contributed by atoms with E-state index in [9.17, 15) is 4.79 Å². The number of nitrogens with one attached hydrogen (secondary N) is 1. The van der Waals surface area contributed by atoms with Gasteiger partial charge in [0.05, 0.1) is 12.5 Å². The molecule has 0 aliphatic rings. The Labute approximate surface area is 83.8 Å². The number of hydrogen-bond donors (Lipinski definition) is 1. The molecular formula is C10H18NOS+. The minimum Gasteiger partial charge on any atom is -0.352 e. The molecule has 0 aromatic carbocycles. The van der Waals surface area contributed by atoms with Gasteiger partial charge in [0.2, 0.25) is 0 Å². The van der Waals surface area contributed by atoms with Gasteiger partial charge in [-0.3, -0.25) is 4.79 Å². The molecule has 0 bridgehead atoms. The van der Waals surface area contributed by atoms with Crippen molar-refractivity contribution in [1.82, 2.24) is 5.32 Å². The second-order valence-electron chi connectivity index (χ2n) is 3.14. The lowest BCUT2D eigenvalue weighted by molar-refractivity contribution is -0.118. The van der Waals surface area contributed by atoms with Gasteiger partial charge in [-0.25, -0.2) is 0 Å². The number of carbonyl (C=O) groups excluding carboxylic acids is 1. The average molecular weight is 200 g/mol. The van der Waals surface area contributed by atoms with Crippen LogP contribution in [0, 0.1) is 12.3 Å². The van der Waals surface area contributed by atoms with Crippen LogP contribution in [0.1, 0.15) is 19.3 Å². The molecule has 0 aliphatic heterocycles. The van der Waals surface area contributed by atoms with E-state index in [0.717, 1.165) is 25.8 Å². The van der Waals surface area contributed by atoms with Crippen molar-refractivity contribution in [3.8, 4) is 12.3 Å². The average Bonchev–Trinajstić information content (AvgIpc) is 2.02. The van der Waals surface area contributed by atoms with Gasteiger partial charge in [-0.1, -0.05) is 0 Å². The Morgan fingerprint density at radius 1 is 1.46 bits per heavy atom. The molecule has 0 heterocycles. The van der Waals surface area contributed by atoms with Crippen LogP contribution in [0.15, 0.2) is 0 Å². The summed E-state index contributed by atoms with van der Waals surface area (Å²) in [6.07, 6.45) is 12.0. The molecule has 0 aromatic rings. The lowest BCUT2D eigenvalue weighted by atomic mass is 10.2. The topological polar surface area (TPSA) is 29.1 Å². The minimum atomic E-state index is 0.161. The van der Waals surface area contributed by atoms with Crippen molar-refractivity contribution < 1.29 is 4.79 Å². The zero-order valence-corrected chi connectivity index (χ0v) is 9.25. The van der Waals surface area contributed by atoms with Crippen molar-refractivity contribution >= 4 is 16.8 Å². The van der Waals surface area contributed by atoms with Crippen molar-refractivity contribution in [2.45, 2.75) is 19.3 Å². The summed E-state index contributed by atoms with van der Waals surface area (Å²) in [5.74, 6) is 3.39. The van der Waals surface area contributed by atoms with Gasteiger partial charge in [-0.05, 0) is 23.7 Å². The second kappa shape index (κ2) is 8.00. The van der Waals surface area contributed by atoms with Crippen molar-refractivity contribution in [3.63, 3.8) is 0 Å². The van der Waals surface area contributed by atoms with E-state index in [-0.39, 0.29) is 16.8 Å². The first kappa shape index (κ1) is 12.4. The number of rotatable bonds is 6. The summed E-state index contributed by atoms with van der Waals surface area (Å²) >= 11 is 0. The van der Waals surface area contributed by atoms with Crippen LogP contribution in [0.4, 0.5) is 0 Å². The first-order valence-electron chi connectivity index (χ1n) is 4.41. The lowest BCUT2D eigenvalue weighted by Crippen LogP contribution is -2.30. The highest BCUT2D eigenvalue weighted by Gasteiger charge is 2.09. The zero-order chi connectivity index (χ0) is 10.1. The maximum Gasteiger partial charge on any atom is 0.269 e. The smallest absolute Gasteiger partial charge is 0.269 e. The van der Waals surface area contributed by atoms with Crippen LogP contribution in [0.2, 0.25) is 0 Å². The van der Waals surface area contributed by atoms with Crippen LogP contribution >= 0.6 is 0 Å². The van der Waals surface area contributed by atoms with Gasteiger partial charge >= 0.3 is 0 Å². The van der Waals surface area contributed by atoms with Crippen LogP contribution < -0.4 is 5.32 Å². The maximum atomic E-state index is 11.1. The third-order valence-electron chi connectivity index (χ3n) is 1.49. The quantitative estimate of drug-likeness (QED) is 0.383. The molecule has 0 radical (unpaired) electrons. The second-order valence-corrected chi connectivity index (χ2v) is 5.40. The Morgan fingerprint density at radius 3 is 2.69 bits per heavy atom. The molecule has 0 aliphatic carbocycles. The highest BCUT2D eigenvalue weighted by molar-refractivity contribution is 7.96. The normalized spacial score (nSPS) is 9.69. The Hall–Kier alpha value is -0.620. The Morgan fingerprint density at radius 2 is 2.15 bits per heavy atom. The zero-order valence-electron chi connectivity index (χ0n) is 8.43. The first-order chi connectivity index (χ1) is 6.16. The van der Waals surface area contributed by atoms with Gasteiger partial charge in [0.25, 0.3) is 5.91 Å². The predicted octanol–water partition coefficient (Wildman–Crippen LogP) is 0.784. The summed E-state index contributed by atoms with van der Waals surface area (Å²) in [7, 11) is 0.201. The molecule has 0 saturated carbocycles. The van der Waals surface area contributed by atoms with E-state index in [2.05, 4.69) is 23.7 Å². The molecular weight excluding hydrogens is 182 g/mol. The first-order valence-corrected chi connectivity index (χ1v) is 6.62. The van der Waals surface area contributed by atoms with Crippen LogP contribution in [0.3, 0.4) is 0 Å². The molecule has 0 unspecified atom stereocenters. The van der Waals surface area contributed by atoms with Crippen molar-refractivity contribution in [1.29, 1.82) is 0 Å². The van der Waals surface area contributed by atoms with Gasteiger partial charge in [-0.2, -0.15) is 0 Å². The Bertz CT molecular complexity index is 184. The number of amides is 1. The molecule has 0 spiro atoms.